The van der Waals surface area contributed by atoms with Crippen molar-refractivity contribution in [1.29, 1.82) is 0 Å². The Morgan fingerprint density at radius 1 is 1.08 bits per heavy atom. The van der Waals surface area contributed by atoms with E-state index in [9.17, 15) is 4.79 Å². The summed E-state index contributed by atoms with van der Waals surface area (Å²) < 4.78 is 16.4. The Labute approximate surface area is 151 Å². The number of carbonyl (C=O) groups excluding carboxylic acids is 1. The fourth-order valence-corrected chi connectivity index (χ4v) is 3.97. The second kappa shape index (κ2) is 8.16. The van der Waals surface area contributed by atoms with Crippen molar-refractivity contribution in [3.05, 3.63) is 54.1 Å². The van der Waals surface area contributed by atoms with Crippen molar-refractivity contribution in [3.8, 4) is 17.2 Å². The molecule has 25 heavy (non-hydrogen) atoms. The highest BCUT2D eigenvalue weighted by Gasteiger charge is 2.33. The normalized spacial score (nSPS) is 16.8. The van der Waals surface area contributed by atoms with Crippen molar-refractivity contribution in [3.63, 3.8) is 0 Å². The summed E-state index contributed by atoms with van der Waals surface area (Å²) in [7, 11) is 3.22. The zero-order valence-electron chi connectivity index (χ0n) is 14.3. The summed E-state index contributed by atoms with van der Waals surface area (Å²) in [5.41, 5.74) is 1.02. The Bertz CT molecular complexity index is 723. The summed E-state index contributed by atoms with van der Waals surface area (Å²) in [6.07, 6.45) is 0. The van der Waals surface area contributed by atoms with Crippen molar-refractivity contribution in [1.82, 2.24) is 4.90 Å². The van der Waals surface area contributed by atoms with Gasteiger partial charge >= 0.3 is 0 Å². The minimum Gasteiger partial charge on any atom is -0.493 e. The van der Waals surface area contributed by atoms with Crippen molar-refractivity contribution < 1.29 is 19.0 Å². The number of ether oxygens (including phenoxy) is 3. The Morgan fingerprint density at radius 2 is 1.84 bits per heavy atom. The minimum atomic E-state index is -0.0355. The molecule has 0 saturated carbocycles. The van der Waals surface area contributed by atoms with Gasteiger partial charge in [0.2, 0.25) is 5.91 Å². The molecule has 0 bridgehead atoms. The molecular weight excluding hydrogens is 338 g/mol. The first-order valence-corrected chi connectivity index (χ1v) is 9.08. The summed E-state index contributed by atoms with van der Waals surface area (Å²) >= 11 is 1.62. The highest BCUT2D eigenvalue weighted by atomic mass is 32.2. The van der Waals surface area contributed by atoms with Gasteiger partial charge in [0.25, 0.3) is 0 Å². The fourth-order valence-electron chi connectivity index (χ4n) is 2.76. The van der Waals surface area contributed by atoms with Crippen LogP contribution in [0.3, 0.4) is 0 Å². The maximum absolute atomic E-state index is 12.3. The predicted molar refractivity (Wildman–Crippen MR) is 98.4 cm³/mol. The lowest BCUT2D eigenvalue weighted by Crippen LogP contribution is -2.32. The minimum absolute atomic E-state index is 0.0355. The van der Waals surface area contributed by atoms with Crippen LogP contribution in [0.5, 0.6) is 17.2 Å². The standard InChI is InChI=1S/C19H21NO4S/c1-22-16-9-8-14(12-17(16)23-2)19-20(18(21)13-25-19)10-11-24-15-6-4-3-5-7-15/h3-9,12,19H,10-11,13H2,1-2H3. The van der Waals surface area contributed by atoms with Gasteiger partial charge in [0.15, 0.2) is 11.5 Å². The maximum atomic E-state index is 12.3. The molecule has 1 atom stereocenters. The summed E-state index contributed by atoms with van der Waals surface area (Å²) in [5.74, 6) is 2.76. The van der Waals surface area contributed by atoms with Gasteiger partial charge in [-0.25, -0.2) is 0 Å². The molecule has 0 spiro atoms. The molecule has 3 rings (SSSR count). The van der Waals surface area contributed by atoms with Crippen LogP contribution in [0.1, 0.15) is 10.9 Å². The molecule has 0 aliphatic carbocycles. The zero-order valence-corrected chi connectivity index (χ0v) is 15.1. The number of thioether (sulfide) groups is 1. The summed E-state index contributed by atoms with van der Waals surface area (Å²) in [4.78, 5) is 14.1. The van der Waals surface area contributed by atoms with E-state index in [1.807, 2.05) is 53.4 Å². The first-order valence-electron chi connectivity index (χ1n) is 8.04. The molecule has 1 unspecified atom stereocenters. The van der Waals surface area contributed by atoms with Gasteiger partial charge in [0.1, 0.15) is 17.7 Å². The van der Waals surface area contributed by atoms with Gasteiger partial charge in [0, 0.05) is 0 Å². The lowest BCUT2D eigenvalue weighted by atomic mass is 10.2. The first kappa shape index (κ1) is 17.5. The van der Waals surface area contributed by atoms with E-state index in [1.54, 1.807) is 26.0 Å². The van der Waals surface area contributed by atoms with Gasteiger partial charge in [-0.05, 0) is 29.8 Å². The molecule has 5 nitrogen and oxygen atoms in total. The smallest absolute Gasteiger partial charge is 0.233 e. The SMILES string of the molecule is COc1ccc(C2SCC(=O)N2CCOc2ccccc2)cc1OC. The number of para-hydroxylation sites is 1. The summed E-state index contributed by atoms with van der Waals surface area (Å²) in [6.45, 7) is 1.000. The number of nitrogens with zero attached hydrogens (tertiary/aromatic N) is 1. The number of methoxy groups -OCH3 is 2. The number of amides is 1. The second-order valence-electron chi connectivity index (χ2n) is 5.53. The van der Waals surface area contributed by atoms with Gasteiger partial charge in [0.05, 0.1) is 26.5 Å². The molecule has 1 saturated heterocycles. The average molecular weight is 359 g/mol. The third-order valence-electron chi connectivity index (χ3n) is 4.00. The van der Waals surface area contributed by atoms with E-state index in [2.05, 4.69) is 0 Å². The molecule has 0 N–H and O–H groups in total. The Kier molecular flexibility index (Phi) is 5.71. The van der Waals surface area contributed by atoms with Crippen molar-refractivity contribution >= 4 is 17.7 Å². The van der Waals surface area contributed by atoms with Crippen LogP contribution in [0.2, 0.25) is 0 Å². The lowest BCUT2D eigenvalue weighted by molar-refractivity contribution is -0.128. The highest BCUT2D eigenvalue weighted by Crippen LogP contribution is 2.41. The van der Waals surface area contributed by atoms with E-state index < -0.39 is 0 Å². The highest BCUT2D eigenvalue weighted by molar-refractivity contribution is 8.00. The molecule has 2 aromatic carbocycles. The molecular formula is C19H21NO4S. The van der Waals surface area contributed by atoms with Crippen molar-refractivity contribution in [2.24, 2.45) is 0 Å². The average Bonchev–Trinajstić information content (AvgIpc) is 3.02. The largest absolute Gasteiger partial charge is 0.493 e. The summed E-state index contributed by atoms with van der Waals surface area (Å²) in [6, 6.07) is 15.4. The van der Waals surface area contributed by atoms with Gasteiger partial charge in [-0.15, -0.1) is 11.8 Å². The molecule has 1 amide bonds. The van der Waals surface area contributed by atoms with Gasteiger partial charge in [-0.2, -0.15) is 0 Å². The molecule has 1 heterocycles. The molecule has 0 radical (unpaired) electrons. The number of rotatable bonds is 7. The van der Waals surface area contributed by atoms with Gasteiger partial charge in [-0.3, -0.25) is 4.79 Å². The fraction of sp³-hybridized carbons (Fsp3) is 0.316. The van der Waals surface area contributed by atoms with E-state index in [1.165, 1.54) is 0 Å². The molecule has 0 aromatic heterocycles. The molecule has 1 aliphatic rings. The third-order valence-corrected chi connectivity index (χ3v) is 5.26. The lowest BCUT2D eigenvalue weighted by Gasteiger charge is -2.25. The molecule has 1 aliphatic heterocycles. The molecule has 2 aromatic rings. The Hall–Kier alpha value is -2.34. The number of hydrogen-bond donors (Lipinski definition) is 0. The van der Waals surface area contributed by atoms with Gasteiger partial charge in [-0.1, -0.05) is 24.3 Å². The summed E-state index contributed by atoms with van der Waals surface area (Å²) in [5, 5.41) is -0.0355. The van der Waals surface area contributed by atoms with Crippen LogP contribution in [-0.2, 0) is 4.79 Å². The van der Waals surface area contributed by atoms with E-state index >= 15 is 0 Å². The van der Waals surface area contributed by atoms with Crippen LogP contribution in [0.4, 0.5) is 0 Å². The molecule has 1 fully saturated rings. The van der Waals surface area contributed by atoms with E-state index in [0.29, 0.717) is 30.4 Å². The zero-order chi connectivity index (χ0) is 17.6. The maximum Gasteiger partial charge on any atom is 0.233 e. The van der Waals surface area contributed by atoms with Crippen molar-refractivity contribution in [2.45, 2.75) is 5.37 Å². The Balaban J connectivity index is 1.69. The third kappa shape index (κ3) is 4.02. The van der Waals surface area contributed by atoms with Crippen LogP contribution in [0.15, 0.2) is 48.5 Å². The van der Waals surface area contributed by atoms with Crippen LogP contribution >= 0.6 is 11.8 Å². The molecule has 6 heteroatoms. The van der Waals surface area contributed by atoms with E-state index in [4.69, 9.17) is 14.2 Å². The number of benzene rings is 2. The number of carbonyl (C=O) groups is 1. The second-order valence-corrected chi connectivity index (χ2v) is 6.59. The number of hydrogen-bond acceptors (Lipinski definition) is 5. The topological polar surface area (TPSA) is 48.0 Å². The van der Waals surface area contributed by atoms with E-state index in [-0.39, 0.29) is 11.3 Å². The van der Waals surface area contributed by atoms with E-state index in [0.717, 1.165) is 11.3 Å². The monoisotopic (exact) mass is 359 g/mol. The van der Waals surface area contributed by atoms with Crippen LogP contribution in [-0.4, -0.2) is 43.9 Å². The van der Waals surface area contributed by atoms with Crippen LogP contribution in [0.25, 0.3) is 0 Å². The van der Waals surface area contributed by atoms with Crippen LogP contribution in [0, 0.1) is 0 Å². The molecule has 132 valence electrons. The quantitative estimate of drug-likeness (QED) is 0.759. The van der Waals surface area contributed by atoms with Crippen molar-refractivity contribution in [2.75, 3.05) is 33.1 Å². The van der Waals surface area contributed by atoms with Crippen LogP contribution < -0.4 is 14.2 Å². The Morgan fingerprint density at radius 3 is 2.56 bits per heavy atom. The first-order chi connectivity index (χ1) is 12.2. The predicted octanol–water partition coefficient (Wildman–Crippen LogP) is 3.36. The van der Waals surface area contributed by atoms with Gasteiger partial charge < -0.3 is 19.1 Å².